The van der Waals surface area contributed by atoms with Crippen LogP contribution < -0.4 is 4.74 Å². The first-order valence-corrected chi connectivity index (χ1v) is 6.61. The molecule has 0 aliphatic carbocycles. The van der Waals surface area contributed by atoms with Crippen molar-refractivity contribution in [2.45, 2.75) is 38.9 Å². The average molecular weight is 260 g/mol. The van der Waals surface area contributed by atoms with Gasteiger partial charge >= 0.3 is 7.12 Å². The Balaban J connectivity index is 1.82. The molecular formula is C15H21BO3. The minimum Gasteiger partial charge on any atom is -0.490 e. The smallest absolute Gasteiger partial charge is 0.486 e. The molecule has 0 saturated carbocycles. The molecule has 19 heavy (non-hydrogen) atoms. The quantitative estimate of drug-likeness (QED) is 0.778. The highest BCUT2D eigenvalue weighted by molar-refractivity contribution is 6.51. The van der Waals surface area contributed by atoms with Gasteiger partial charge < -0.3 is 14.0 Å². The van der Waals surface area contributed by atoms with E-state index in [9.17, 15) is 0 Å². The summed E-state index contributed by atoms with van der Waals surface area (Å²) in [4.78, 5) is 0. The fourth-order valence-electron chi connectivity index (χ4n) is 1.79. The van der Waals surface area contributed by atoms with Crippen LogP contribution in [-0.4, -0.2) is 24.9 Å². The van der Waals surface area contributed by atoms with Gasteiger partial charge in [0.2, 0.25) is 0 Å². The number of para-hydroxylation sites is 1. The molecule has 0 bridgehead atoms. The van der Waals surface area contributed by atoms with Gasteiger partial charge in [-0.25, -0.2) is 0 Å². The number of rotatable bonds is 4. The second kappa shape index (κ2) is 5.39. The van der Waals surface area contributed by atoms with Crippen LogP contribution in [-0.2, 0) is 9.31 Å². The Morgan fingerprint density at radius 2 is 1.63 bits per heavy atom. The summed E-state index contributed by atoms with van der Waals surface area (Å²) in [5.74, 6) is 2.76. The lowest BCUT2D eigenvalue weighted by molar-refractivity contribution is 0.00578. The van der Waals surface area contributed by atoms with E-state index in [-0.39, 0.29) is 18.3 Å². The molecule has 1 aromatic carbocycles. The highest BCUT2D eigenvalue weighted by Crippen LogP contribution is 2.36. The standard InChI is InChI=1S/C15H21BO3/c1-14(2)15(3,4)19-16(18-14)11-8-12-17-13-9-6-5-7-10-13/h5-11H,12H2,1-4H3/b11-8-. The van der Waals surface area contributed by atoms with Crippen LogP contribution in [0, 0.1) is 0 Å². The van der Waals surface area contributed by atoms with Gasteiger partial charge in [0.05, 0.1) is 11.2 Å². The largest absolute Gasteiger partial charge is 0.490 e. The van der Waals surface area contributed by atoms with E-state index in [4.69, 9.17) is 14.0 Å². The molecule has 1 aromatic rings. The van der Waals surface area contributed by atoms with Crippen LogP contribution in [0.2, 0.25) is 0 Å². The molecule has 0 spiro atoms. The summed E-state index contributed by atoms with van der Waals surface area (Å²) >= 11 is 0. The van der Waals surface area contributed by atoms with E-state index >= 15 is 0 Å². The molecule has 4 heteroatoms. The van der Waals surface area contributed by atoms with Gasteiger partial charge in [-0.2, -0.15) is 0 Å². The molecule has 1 aliphatic rings. The summed E-state index contributed by atoms with van der Waals surface area (Å²) in [7, 11) is -0.302. The van der Waals surface area contributed by atoms with E-state index < -0.39 is 0 Å². The Hall–Kier alpha value is -1.26. The summed E-state index contributed by atoms with van der Waals surface area (Å²) in [5, 5.41) is 0. The van der Waals surface area contributed by atoms with Crippen molar-refractivity contribution in [3.63, 3.8) is 0 Å². The minimum absolute atomic E-state index is 0.289. The molecule has 1 heterocycles. The second-order valence-corrected chi connectivity index (χ2v) is 5.68. The normalized spacial score (nSPS) is 20.9. The van der Waals surface area contributed by atoms with Crippen molar-refractivity contribution in [1.29, 1.82) is 0 Å². The molecule has 0 amide bonds. The van der Waals surface area contributed by atoms with Crippen LogP contribution in [0.15, 0.2) is 42.4 Å². The van der Waals surface area contributed by atoms with Crippen molar-refractivity contribution in [2.24, 2.45) is 0 Å². The third-order valence-corrected chi connectivity index (χ3v) is 3.65. The first-order chi connectivity index (χ1) is 8.91. The SMILES string of the molecule is CC1(C)OB(/C=C\COc2ccccc2)OC1(C)C. The molecule has 0 atom stereocenters. The van der Waals surface area contributed by atoms with Crippen LogP contribution in [0.25, 0.3) is 0 Å². The van der Waals surface area contributed by atoms with Gasteiger partial charge in [0.15, 0.2) is 0 Å². The monoisotopic (exact) mass is 260 g/mol. The predicted molar refractivity (Wildman–Crippen MR) is 77.2 cm³/mol. The van der Waals surface area contributed by atoms with Crippen LogP contribution in [0.1, 0.15) is 27.7 Å². The van der Waals surface area contributed by atoms with E-state index in [2.05, 4.69) is 0 Å². The van der Waals surface area contributed by atoms with Gasteiger partial charge in [-0.1, -0.05) is 30.3 Å². The van der Waals surface area contributed by atoms with Gasteiger partial charge in [-0.05, 0) is 39.8 Å². The molecule has 0 N–H and O–H groups in total. The lowest BCUT2D eigenvalue weighted by atomic mass is 9.90. The average Bonchev–Trinajstić information content (AvgIpc) is 2.55. The molecule has 1 fully saturated rings. The van der Waals surface area contributed by atoms with Crippen molar-refractivity contribution < 1.29 is 14.0 Å². The van der Waals surface area contributed by atoms with E-state index in [0.717, 1.165) is 5.75 Å². The Morgan fingerprint density at radius 3 is 2.21 bits per heavy atom. The second-order valence-electron chi connectivity index (χ2n) is 5.68. The van der Waals surface area contributed by atoms with Crippen LogP contribution in [0.4, 0.5) is 0 Å². The zero-order chi connectivity index (χ0) is 13.9. The summed E-state index contributed by atoms with van der Waals surface area (Å²) in [6.07, 6.45) is 1.93. The van der Waals surface area contributed by atoms with Crippen molar-refractivity contribution in [1.82, 2.24) is 0 Å². The molecular weight excluding hydrogens is 239 g/mol. The molecule has 1 saturated heterocycles. The number of ether oxygens (including phenoxy) is 1. The Morgan fingerprint density at radius 1 is 1.05 bits per heavy atom. The molecule has 2 rings (SSSR count). The van der Waals surface area contributed by atoms with Gasteiger partial charge in [0, 0.05) is 0 Å². The molecule has 102 valence electrons. The lowest BCUT2D eigenvalue weighted by Crippen LogP contribution is -2.41. The molecule has 3 nitrogen and oxygen atoms in total. The fraction of sp³-hybridized carbons (Fsp3) is 0.467. The number of hydrogen-bond donors (Lipinski definition) is 0. The zero-order valence-corrected chi connectivity index (χ0v) is 12.1. The zero-order valence-electron chi connectivity index (χ0n) is 12.1. The maximum atomic E-state index is 5.85. The lowest BCUT2D eigenvalue weighted by Gasteiger charge is -2.32. The predicted octanol–water partition coefficient (Wildman–Crippen LogP) is 3.25. The molecule has 0 unspecified atom stereocenters. The van der Waals surface area contributed by atoms with E-state index in [1.807, 2.05) is 70.1 Å². The third kappa shape index (κ3) is 3.40. The van der Waals surface area contributed by atoms with Gasteiger partial charge in [-0.3, -0.25) is 0 Å². The van der Waals surface area contributed by atoms with Gasteiger partial charge in [-0.15, -0.1) is 0 Å². The first kappa shape index (κ1) is 14.2. The van der Waals surface area contributed by atoms with Gasteiger partial charge in [0.1, 0.15) is 12.4 Å². The third-order valence-electron chi connectivity index (χ3n) is 3.65. The van der Waals surface area contributed by atoms with Crippen LogP contribution in [0.3, 0.4) is 0 Å². The summed E-state index contributed by atoms with van der Waals surface area (Å²) in [5.41, 5.74) is -0.579. The summed E-state index contributed by atoms with van der Waals surface area (Å²) in [6.45, 7) is 8.68. The van der Waals surface area contributed by atoms with Crippen LogP contribution in [0.5, 0.6) is 5.75 Å². The van der Waals surface area contributed by atoms with E-state index in [1.165, 1.54) is 0 Å². The highest BCUT2D eigenvalue weighted by Gasteiger charge is 2.49. The maximum Gasteiger partial charge on any atom is 0.486 e. The van der Waals surface area contributed by atoms with Crippen molar-refractivity contribution >= 4 is 7.12 Å². The Bertz CT molecular complexity index is 424. The first-order valence-electron chi connectivity index (χ1n) is 6.61. The molecule has 0 radical (unpaired) electrons. The van der Waals surface area contributed by atoms with E-state index in [0.29, 0.717) is 6.61 Å². The summed E-state index contributed by atoms with van der Waals surface area (Å²) < 4.78 is 17.3. The highest BCUT2D eigenvalue weighted by atomic mass is 16.7. The summed E-state index contributed by atoms with van der Waals surface area (Å²) in [6, 6.07) is 9.74. The van der Waals surface area contributed by atoms with Crippen molar-refractivity contribution in [3.8, 4) is 5.75 Å². The Labute approximate surface area is 115 Å². The van der Waals surface area contributed by atoms with Gasteiger partial charge in [0.25, 0.3) is 0 Å². The molecule has 0 aromatic heterocycles. The Kier molecular flexibility index (Phi) is 4.02. The number of benzene rings is 1. The fourth-order valence-corrected chi connectivity index (χ4v) is 1.79. The number of hydrogen-bond acceptors (Lipinski definition) is 3. The van der Waals surface area contributed by atoms with Crippen molar-refractivity contribution in [3.05, 3.63) is 42.4 Å². The van der Waals surface area contributed by atoms with E-state index in [1.54, 1.807) is 0 Å². The molecule has 1 aliphatic heterocycles. The minimum atomic E-state index is -0.302. The van der Waals surface area contributed by atoms with Crippen molar-refractivity contribution in [2.75, 3.05) is 6.61 Å². The topological polar surface area (TPSA) is 27.7 Å². The maximum absolute atomic E-state index is 5.85. The van der Waals surface area contributed by atoms with Crippen LogP contribution >= 0.6 is 0 Å².